The molecule has 19 heavy (non-hydrogen) atoms. The molecule has 0 aromatic carbocycles. The molecule has 0 aliphatic rings. The van der Waals surface area contributed by atoms with Crippen molar-refractivity contribution in [2.75, 3.05) is 26.1 Å². The largest absolute Gasteiger partial charge is 0.396 e. The van der Waals surface area contributed by atoms with Crippen LogP contribution in [-0.4, -0.2) is 44.9 Å². The Morgan fingerprint density at radius 2 is 2.42 bits per heavy atom. The van der Waals surface area contributed by atoms with Crippen LogP contribution in [0.2, 0.25) is 0 Å². The zero-order chi connectivity index (χ0) is 13.8. The van der Waals surface area contributed by atoms with E-state index in [1.165, 1.54) is 0 Å². The number of aromatic amines is 1. The van der Waals surface area contributed by atoms with Gasteiger partial charge in [-0.2, -0.15) is 4.98 Å². The van der Waals surface area contributed by atoms with Gasteiger partial charge in [0.15, 0.2) is 11.2 Å². The molecule has 0 radical (unpaired) electrons. The third kappa shape index (κ3) is 2.91. The van der Waals surface area contributed by atoms with Crippen molar-refractivity contribution in [3.63, 3.8) is 0 Å². The van der Waals surface area contributed by atoms with Crippen LogP contribution in [0.15, 0.2) is 11.1 Å². The first kappa shape index (κ1) is 13.5. The highest BCUT2D eigenvalue weighted by Crippen LogP contribution is 2.10. The summed E-state index contributed by atoms with van der Waals surface area (Å²) in [5.74, 6) is 0.108. The monoisotopic (exact) mass is 267 g/mol. The molecule has 104 valence electrons. The third-order valence-electron chi connectivity index (χ3n) is 2.93. The normalized spacial score (nSPS) is 12.9. The van der Waals surface area contributed by atoms with Gasteiger partial charge in [0.25, 0.3) is 5.56 Å². The predicted molar refractivity (Wildman–Crippen MR) is 69.6 cm³/mol. The molecule has 0 saturated heterocycles. The molecule has 0 spiro atoms. The summed E-state index contributed by atoms with van der Waals surface area (Å²) >= 11 is 0. The summed E-state index contributed by atoms with van der Waals surface area (Å²) in [6.45, 7) is 1.12. The van der Waals surface area contributed by atoms with Gasteiger partial charge in [-0.05, 0) is 6.42 Å². The van der Waals surface area contributed by atoms with E-state index >= 15 is 0 Å². The minimum Gasteiger partial charge on any atom is -0.396 e. The lowest BCUT2D eigenvalue weighted by Gasteiger charge is -2.13. The standard InChI is InChI=1S/C11H17N5O3/c1-19-5-7(4-17)2-3-16-6-13-8-9(16)14-11(12)15-10(8)18/h6-7,17H,2-5H2,1H3,(H3,12,14,15,18)/t7-/m0/s1. The highest BCUT2D eigenvalue weighted by molar-refractivity contribution is 5.70. The average molecular weight is 267 g/mol. The van der Waals surface area contributed by atoms with Crippen LogP contribution in [0.5, 0.6) is 0 Å². The zero-order valence-corrected chi connectivity index (χ0v) is 10.7. The topological polar surface area (TPSA) is 119 Å². The van der Waals surface area contributed by atoms with Crippen LogP contribution in [-0.2, 0) is 11.3 Å². The molecule has 0 amide bonds. The molecule has 0 unspecified atom stereocenters. The van der Waals surface area contributed by atoms with Gasteiger partial charge in [-0.3, -0.25) is 9.78 Å². The molecular formula is C11H17N5O3. The Labute approximate surface area is 109 Å². The summed E-state index contributed by atoms with van der Waals surface area (Å²) in [7, 11) is 1.59. The number of H-pyrrole nitrogens is 1. The lowest BCUT2D eigenvalue weighted by molar-refractivity contribution is 0.103. The SMILES string of the molecule is COC[C@H](CO)CCn1cnc2c(=O)[nH]c(N)nc21. The number of aryl methyl sites for hydroxylation is 1. The van der Waals surface area contributed by atoms with Gasteiger partial charge < -0.3 is 20.1 Å². The summed E-state index contributed by atoms with van der Waals surface area (Å²) in [4.78, 5) is 22.1. The number of anilines is 1. The number of methoxy groups -OCH3 is 1. The van der Waals surface area contributed by atoms with Crippen molar-refractivity contribution in [2.24, 2.45) is 5.92 Å². The first-order valence-electron chi connectivity index (χ1n) is 5.96. The Kier molecular flexibility index (Phi) is 4.13. The number of aliphatic hydroxyl groups excluding tert-OH is 1. The lowest BCUT2D eigenvalue weighted by atomic mass is 10.1. The van der Waals surface area contributed by atoms with E-state index in [1.54, 1.807) is 18.0 Å². The van der Waals surface area contributed by atoms with E-state index in [-0.39, 0.29) is 29.5 Å². The Morgan fingerprint density at radius 3 is 3.11 bits per heavy atom. The average Bonchev–Trinajstić information content (AvgIpc) is 2.78. The Bertz CT molecular complexity index is 606. The summed E-state index contributed by atoms with van der Waals surface area (Å²) < 4.78 is 6.76. The summed E-state index contributed by atoms with van der Waals surface area (Å²) in [5, 5.41) is 9.19. The molecular weight excluding hydrogens is 250 g/mol. The number of aliphatic hydroxyl groups is 1. The number of rotatable bonds is 6. The maximum absolute atomic E-state index is 11.6. The molecule has 2 rings (SSSR count). The van der Waals surface area contributed by atoms with Crippen LogP contribution in [0.25, 0.3) is 11.2 Å². The summed E-state index contributed by atoms with van der Waals surface area (Å²) in [6, 6.07) is 0. The molecule has 8 heteroatoms. The van der Waals surface area contributed by atoms with Gasteiger partial charge in [-0.25, -0.2) is 4.98 Å². The molecule has 4 N–H and O–H groups in total. The van der Waals surface area contributed by atoms with Crippen LogP contribution < -0.4 is 11.3 Å². The van der Waals surface area contributed by atoms with Crippen LogP contribution in [0.1, 0.15) is 6.42 Å². The van der Waals surface area contributed by atoms with Crippen LogP contribution in [0.3, 0.4) is 0 Å². The smallest absolute Gasteiger partial charge is 0.280 e. The molecule has 2 aromatic rings. The van der Waals surface area contributed by atoms with Gasteiger partial charge in [0.1, 0.15) is 0 Å². The number of imidazole rings is 1. The van der Waals surface area contributed by atoms with E-state index < -0.39 is 0 Å². The molecule has 1 atom stereocenters. The van der Waals surface area contributed by atoms with Crippen LogP contribution in [0, 0.1) is 5.92 Å². The Balaban J connectivity index is 2.19. The highest BCUT2D eigenvalue weighted by atomic mass is 16.5. The van der Waals surface area contributed by atoms with Crippen LogP contribution in [0.4, 0.5) is 5.95 Å². The predicted octanol–water partition coefficient (Wildman–Crippen LogP) is -0.653. The van der Waals surface area contributed by atoms with Gasteiger partial charge in [0.2, 0.25) is 5.95 Å². The number of nitrogens with zero attached hydrogens (tertiary/aromatic N) is 3. The Hall–Kier alpha value is -1.93. The highest BCUT2D eigenvalue weighted by Gasteiger charge is 2.12. The number of fused-ring (bicyclic) bond motifs is 1. The minimum atomic E-state index is -0.350. The van der Waals surface area contributed by atoms with Gasteiger partial charge >= 0.3 is 0 Å². The molecule has 0 bridgehead atoms. The number of nitrogens with two attached hydrogens (primary N) is 1. The molecule has 0 aliphatic carbocycles. The fourth-order valence-electron chi connectivity index (χ4n) is 1.92. The lowest BCUT2D eigenvalue weighted by Crippen LogP contribution is -2.16. The van der Waals surface area contributed by atoms with E-state index in [0.717, 1.165) is 0 Å². The van der Waals surface area contributed by atoms with Gasteiger partial charge in [-0.15, -0.1) is 0 Å². The second kappa shape index (κ2) is 5.81. The maximum Gasteiger partial charge on any atom is 0.280 e. The molecule has 0 saturated carbocycles. The number of nitrogen functional groups attached to an aromatic ring is 1. The van der Waals surface area contributed by atoms with Crippen molar-refractivity contribution in [3.8, 4) is 0 Å². The van der Waals surface area contributed by atoms with Crippen molar-refractivity contribution in [1.82, 2.24) is 19.5 Å². The van der Waals surface area contributed by atoms with E-state index in [4.69, 9.17) is 10.5 Å². The maximum atomic E-state index is 11.6. The molecule has 0 fully saturated rings. The van der Waals surface area contributed by atoms with Crippen molar-refractivity contribution < 1.29 is 9.84 Å². The number of aromatic nitrogens is 4. The van der Waals surface area contributed by atoms with Gasteiger partial charge in [-0.1, -0.05) is 0 Å². The van der Waals surface area contributed by atoms with E-state index in [9.17, 15) is 9.90 Å². The van der Waals surface area contributed by atoms with Crippen molar-refractivity contribution in [1.29, 1.82) is 0 Å². The fraction of sp³-hybridized carbons (Fsp3) is 0.545. The second-order valence-electron chi connectivity index (χ2n) is 4.35. The quantitative estimate of drug-likeness (QED) is 0.639. The molecule has 0 aliphatic heterocycles. The first-order chi connectivity index (χ1) is 9.15. The summed E-state index contributed by atoms with van der Waals surface area (Å²) in [5.41, 5.74) is 5.88. The third-order valence-corrected chi connectivity index (χ3v) is 2.93. The molecule has 2 aromatic heterocycles. The van der Waals surface area contributed by atoms with Gasteiger partial charge in [0, 0.05) is 26.2 Å². The fourth-order valence-corrected chi connectivity index (χ4v) is 1.92. The van der Waals surface area contributed by atoms with Gasteiger partial charge in [0.05, 0.1) is 12.9 Å². The number of hydrogen-bond acceptors (Lipinski definition) is 6. The second-order valence-corrected chi connectivity index (χ2v) is 4.35. The number of hydrogen-bond donors (Lipinski definition) is 3. The minimum absolute atomic E-state index is 0.0433. The van der Waals surface area contributed by atoms with Crippen molar-refractivity contribution in [2.45, 2.75) is 13.0 Å². The van der Waals surface area contributed by atoms with Crippen molar-refractivity contribution >= 4 is 17.1 Å². The van der Waals surface area contributed by atoms with Crippen molar-refractivity contribution in [3.05, 3.63) is 16.7 Å². The molecule has 2 heterocycles. The first-order valence-corrected chi connectivity index (χ1v) is 5.96. The van der Waals surface area contributed by atoms with E-state index in [1.807, 2.05) is 0 Å². The van der Waals surface area contributed by atoms with Crippen LogP contribution >= 0.6 is 0 Å². The number of nitrogens with one attached hydrogen (secondary N) is 1. The zero-order valence-electron chi connectivity index (χ0n) is 10.7. The number of ether oxygens (including phenoxy) is 1. The molecule has 8 nitrogen and oxygen atoms in total. The Morgan fingerprint density at radius 1 is 1.63 bits per heavy atom. The van der Waals surface area contributed by atoms with E-state index in [2.05, 4.69) is 15.0 Å². The summed E-state index contributed by atoms with van der Waals surface area (Å²) in [6.07, 6.45) is 2.25. The van der Waals surface area contributed by atoms with E-state index in [0.29, 0.717) is 25.2 Å².